The highest BCUT2D eigenvalue weighted by molar-refractivity contribution is 9.10. The van der Waals surface area contributed by atoms with Crippen LogP contribution in [0.15, 0.2) is 40.9 Å². The molecule has 0 unspecified atom stereocenters. The van der Waals surface area contributed by atoms with Crippen LogP contribution in [0.1, 0.15) is 55.5 Å². The minimum absolute atomic E-state index is 0.173. The van der Waals surface area contributed by atoms with E-state index in [1.54, 1.807) is 25.3 Å². The molecule has 0 fully saturated rings. The second-order valence-electron chi connectivity index (χ2n) is 6.41. The molecule has 140 valence electrons. The second kappa shape index (κ2) is 9.62. The summed E-state index contributed by atoms with van der Waals surface area (Å²) >= 11 is 3.49. The van der Waals surface area contributed by atoms with E-state index in [0.717, 1.165) is 28.6 Å². The SMILES string of the molecule is CCCCOc1ccc(C(=O)Nc2ccc(Br)cc2C(C)C)cc1OC. The van der Waals surface area contributed by atoms with E-state index in [1.165, 1.54) is 0 Å². The zero-order chi connectivity index (χ0) is 19.1. The van der Waals surface area contributed by atoms with Crippen LogP contribution >= 0.6 is 15.9 Å². The number of halogens is 1. The van der Waals surface area contributed by atoms with Crippen molar-refractivity contribution in [2.75, 3.05) is 19.0 Å². The minimum Gasteiger partial charge on any atom is -0.493 e. The summed E-state index contributed by atoms with van der Waals surface area (Å²) in [6.07, 6.45) is 2.04. The fourth-order valence-corrected chi connectivity index (χ4v) is 2.95. The normalized spacial score (nSPS) is 10.7. The van der Waals surface area contributed by atoms with Crippen LogP contribution in [0.3, 0.4) is 0 Å². The van der Waals surface area contributed by atoms with Crippen molar-refractivity contribution in [2.45, 2.75) is 39.5 Å². The lowest BCUT2D eigenvalue weighted by molar-refractivity contribution is 0.102. The van der Waals surface area contributed by atoms with Gasteiger partial charge in [0.25, 0.3) is 5.91 Å². The van der Waals surface area contributed by atoms with Gasteiger partial charge in [-0.25, -0.2) is 0 Å². The number of carbonyl (C=O) groups is 1. The summed E-state index contributed by atoms with van der Waals surface area (Å²) in [5.74, 6) is 1.34. The maximum Gasteiger partial charge on any atom is 0.255 e. The first-order valence-corrected chi connectivity index (χ1v) is 9.67. The third-order valence-electron chi connectivity index (χ3n) is 4.07. The lowest BCUT2D eigenvalue weighted by Crippen LogP contribution is -2.14. The molecule has 0 saturated carbocycles. The van der Waals surface area contributed by atoms with E-state index in [1.807, 2.05) is 18.2 Å². The number of anilines is 1. The van der Waals surface area contributed by atoms with Crippen LogP contribution in [0.25, 0.3) is 0 Å². The van der Waals surface area contributed by atoms with E-state index in [4.69, 9.17) is 9.47 Å². The Morgan fingerprint density at radius 1 is 1.15 bits per heavy atom. The van der Waals surface area contributed by atoms with E-state index >= 15 is 0 Å². The highest BCUT2D eigenvalue weighted by Gasteiger charge is 2.14. The third-order valence-corrected chi connectivity index (χ3v) is 4.56. The number of methoxy groups -OCH3 is 1. The zero-order valence-corrected chi connectivity index (χ0v) is 17.4. The quantitative estimate of drug-likeness (QED) is 0.532. The average molecular weight is 420 g/mol. The summed E-state index contributed by atoms with van der Waals surface area (Å²) in [6, 6.07) is 11.1. The molecule has 2 aromatic carbocycles. The van der Waals surface area contributed by atoms with Crippen LogP contribution in [0.5, 0.6) is 11.5 Å². The lowest BCUT2D eigenvalue weighted by atomic mass is 10.0. The van der Waals surface area contributed by atoms with Gasteiger partial charge in [0.2, 0.25) is 0 Å². The first-order valence-electron chi connectivity index (χ1n) is 8.87. The van der Waals surface area contributed by atoms with Gasteiger partial charge in [0.15, 0.2) is 11.5 Å². The summed E-state index contributed by atoms with van der Waals surface area (Å²) in [5.41, 5.74) is 2.43. The van der Waals surface area contributed by atoms with Crippen molar-refractivity contribution in [3.63, 3.8) is 0 Å². The number of unbranched alkanes of at least 4 members (excludes halogenated alkanes) is 1. The number of amides is 1. The van der Waals surface area contributed by atoms with Crippen molar-refractivity contribution < 1.29 is 14.3 Å². The summed E-state index contributed by atoms with van der Waals surface area (Å²) < 4.78 is 12.1. The van der Waals surface area contributed by atoms with Gasteiger partial charge in [0.05, 0.1) is 13.7 Å². The van der Waals surface area contributed by atoms with Crippen LogP contribution in [0.2, 0.25) is 0 Å². The molecule has 0 heterocycles. The monoisotopic (exact) mass is 419 g/mol. The molecule has 0 aliphatic rings. The van der Waals surface area contributed by atoms with Crippen molar-refractivity contribution in [2.24, 2.45) is 0 Å². The topological polar surface area (TPSA) is 47.6 Å². The Morgan fingerprint density at radius 2 is 1.92 bits per heavy atom. The highest BCUT2D eigenvalue weighted by atomic mass is 79.9. The number of benzene rings is 2. The molecule has 0 bridgehead atoms. The number of nitrogens with one attached hydrogen (secondary N) is 1. The van der Waals surface area contributed by atoms with Gasteiger partial charge in [-0.2, -0.15) is 0 Å². The predicted molar refractivity (Wildman–Crippen MR) is 110 cm³/mol. The molecule has 1 amide bonds. The predicted octanol–water partition coefficient (Wildman–Crippen LogP) is 6.01. The molecule has 4 nitrogen and oxygen atoms in total. The fourth-order valence-electron chi connectivity index (χ4n) is 2.57. The van der Waals surface area contributed by atoms with Crippen LogP contribution in [-0.4, -0.2) is 19.6 Å². The van der Waals surface area contributed by atoms with E-state index in [0.29, 0.717) is 29.6 Å². The molecular formula is C21H26BrNO3. The van der Waals surface area contributed by atoms with Crippen LogP contribution in [0, 0.1) is 0 Å². The summed E-state index contributed by atoms with van der Waals surface area (Å²) in [7, 11) is 1.58. The standard InChI is InChI=1S/C21H26BrNO3/c1-5-6-11-26-19-10-7-15(12-20(19)25-4)21(24)23-18-9-8-16(22)13-17(18)14(2)3/h7-10,12-14H,5-6,11H2,1-4H3,(H,23,24). The molecule has 2 rings (SSSR count). The molecule has 0 atom stereocenters. The largest absolute Gasteiger partial charge is 0.493 e. The van der Waals surface area contributed by atoms with E-state index in [9.17, 15) is 4.79 Å². The first-order chi connectivity index (χ1) is 12.5. The van der Waals surface area contributed by atoms with Crippen molar-refractivity contribution in [1.82, 2.24) is 0 Å². The molecular weight excluding hydrogens is 394 g/mol. The van der Waals surface area contributed by atoms with Gasteiger partial charge in [-0.1, -0.05) is 43.1 Å². The van der Waals surface area contributed by atoms with Gasteiger partial charge in [0.1, 0.15) is 0 Å². The minimum atomic E-state index is -0.173. The first kappa shape index (κ1) is 20.3. The Bertz CT molecular complexity index is 759. The molecule has 1 N–H and O–H groups in total. The van der Waals surface area contributed by atoms with Crippen molar-refractivity contribution >= 4 is 27.5 Å². The van der Waals surface area contributed by atoms with Crippen molar-refractivity contribution in [3.8, 4) is 11.5 Å². The smallest absolute Gasteiger partial charge is 0.255 e. The highest BCUT2D eigenvalue weighted by Crippen LogP contribution is 2.30. The van der Waals surface area contributed by atoms with Gasteiger partial charge in [-0.05, 0) is 54.3 Å². The molecule has 0 aliphatic carbocycles. The molecule has 0 spiro atoms. The van der Waals surface area contributed by atoms with Gasteiger partial charge < -0.3 is 14.8 Å². The second-order valence-corrected chi connectivity index (χ2v) is 7.32. The third kappa shape index (κ3) is 5.24. The van der Waals surface area contributed by atoms with E-state index in [2.05, 4.69) is 42.0 Å². The average Bonchev–Trinajstić information content (AvgIpc) is 2.63. The fraction of sp³-hybridized carbons (Fsp3) is 0.381. The molecule has 0 aliphatic heterocycles. The summed E-state index contributed by atoms with van der Waals surface area (Å²) in [5, 5.41) is 3.00. The maximum absolute atomic E-state index is 12.7. The Hall–Kier alpha value is -2.01. The Morgan fingerprint density at radius 3 is 2.58 bits per heavy atom. The van der Waals surface area contributed by atoms with Gasteiger partial charge in [0, 0.05) is 15.7 Å². The zero-order valence-electron chi connectivity index (χ0n) is 15.8. The maximum atomic E-state index is 12.7. The number of rotatable bonds is 8. The molecule has 0 radical (unpaired) electrons. The Labute approximate surface area is 164 Å². The molecule has 2 aromatic rings. The number of hydrogen-bond donors (Lipinski definition) is 1. The van der Waals surface area contributed by atoms with Crippen LogP contribution < -0.4 is 14.8 Å². The lowest BCUT2D eigenvalue weighted by Gasteiger charge is -2.15. The van der Waals surface area contributed by atoms with Gasteiger partial charge in [-0.3, -0.25) is 4.79 Å². The van der Waals surface area contributed by atoms with Crippen LogP contribution in [0.4, 0.5) is 5.69 Å². The molecule has 5 heteroatoms. The number of hydrogen-bond acceptors (Lipinski definition) is 3. The van der Waals surface area contributed by atoms with Gasteiger partial charge in [-0.15, -0.1) is 0 Å². The van der Waals surface area contributed by atoms with E-state index < -0.39 is 0 Å². The van der Waals surface area contributed by atoms with Crippen molar-refractivity contribution in [1.29, 1.82) is 0 Å². The molecule has 0 saturated heterocycles. The Kier molecular flexibility index (Phi) is 7.51. The number of carbonyl (C=O) groups excluding carboxylic acids is 1. The molecule has 26 heavy (non-hydrogen) atoms. The van der Waals surface area contributed by atoms with E-state index in [-0.39, 0.29) is 5.91 Å². The molecule has 0 aromatic heterocycles. The van der Waals surface area contributed by atoms with Crippen molar-refractivity contribution in [3.05, 3.63) is 52.0 Å². The van der Waals surface area contributed by atoms with Crippen LogP contribution in [-0.2, 0) is 0 Å². The Balaban J connectivity index is 2.20. The number of ether oxygens (including phenoxy) is 2. The van der Waals surface area contributed by atoms with Gasteiger partial charge >= 0.3 is 0 Å². The summed E-state index contributed by atoms with van der Waals surface area (Å²) in [6.45, 7) is 6.95. The summed E-state index contributed by atoms with van der Waals surface area (Å²) in [4.78, 5) is 12.7.